The Morgan fingerprint density at radius 1 is 1.12 bits per heavy atom. The third-order valence-electron chi connectivity index (χ3n) is 5.98. The van der Waals surface area contributed by atoms with Crippen LogP contribution in [0.25, 0.3) is 27.0 Å². The van der Waals surface area contributed by atoms with Crippen molar-refractivity contribution < 1.29 is 4.79 Å². The van der Waals surface area contributed by atoms with Gasteiger partial charge in [0.25, 0.3) is 5.56 Å². The number of nitrogens with zero attached hydrogens (tertiary/aromatic N) is 5. The average molecular weight is 473 g/mol. The molecule has 0 fully saturated rings. The fourth-order valence-corrected chi connectivity index (χ4v) is 5.37. The summed E-state index contributed by atoms with van der Waals surface area (Å²) in [5.74, 6) is -0.271. The van der Waals surface area contributed by atoms with Crippen LogP contribution in [-0.4, -0.2) is 30.2 Å². The summed E-state index contributed by atoms with van der Waals surface area (Å²) < 4.78 is 2.99. The van der Waals surface area contributed by atoms with E-state index in [0.29, 0.717) is 16.6 Å². The summed E-state index contributed by atoms with van der Waals surface area (Å²) in [6, 6.07) is 11.7. The van der Waals surface area contributed by atoms with Crippen LogP contribution in [0.1, 0.15) is 33.9 Å². The molecule has 1 aromatic carbocycles. The highest BCUT2D eigenvalue weighted by molar-refractivity contribution is 7.19. The van der Waals surface area contributed by atoms with E-state index in [0.717, 1.165) is 44.3 Å². The molecular weight excluding hydrogens is 448 g/mol. The van der Waals surface area contributed by atoms with Gasteiger partial charge in [-0.05, 0) is 45.2 Å². The molecule has 1 amide bonds. The molecule has 0 aliphatic heterocycles. The minimum Gasteiger partial charge on any atom is -0.273 e. The molecular formula is C25H24N6O2S. The van der Waals surface area contributed by atoms with Gasteiger partial charge in [0.1, 0.15) is 11.2 Å². The first-order valence-electron chi connectivity index (χ1n) is 11.0. The molecule has 172 valence electrons. The standard InChI is InChI=1S/C25H24N6O2S/c1-14-12-20-27-15(2)19(16(3)31(20)28-14)10-11-21(32)29-30-13-26-24-23(25(30)33)22(17(4)34-24)18-8-6-5-7-9-18/h5-9,12-13H,10-11H2,1-4H3,(H,29,32). The average Bonchev–Trinajstić information content (AvgIpc) is 3.35. The molecule has 0 unspecified atom stereocenters. The molecule has 0 aliphatic rings. The number of aromatic nitrogens is 5. The molecule has 0 saturated carbocycles. The highest BCUT2D eigenvalue weighted by Crippen LogP contribution is 2.35. The highest BCUT2D eigenvalue weighted by atomic mass is 32.1. The van der Waals surface area contributed by atoms with Crippen LogP contribution in [0.2, 0.25) is 0 Å². The van der Waals surface area contributed by atoms with Crippen LogP contribution in [0.5, 0.6) is 0 Å². The second kappa shape index (κ2) is 8.49. The normalized spacial score (nSPS) is 11.4. The van der Waals surface area contributed by atoms with Gasteiger partial charge in [0.05, 0.1) is 11.1 Å². The van der Waals surface area contributed by atoms with Crippen molar-refractivity contribution in [1.29, 1.82) is 0 Å². The zero-order chi connectivity index (χ0) is 24.0. The fourth-order valence-electron chi connectivity index (χ4n) is 4.37. The van der Waals surface area contributed by atoms with E-state index in [9.17, 15) is 9.59 Å². The van der Waals surface area contributed by atoms with Crippen LogP contribution >= 0.6 is 11.3 Å². The smallest absolute Gasteiger partial charge is 0.273 e. The topological polar surface area (TPSA) is 94.2 Å². The second-order valence-electron chi connectivity index (χ2n) is 8.35. The van der Waals surface area contributed by atoms with E-state index in [-0.39, 0.29) is 17.9 Å². The number of amides is 1. The Balaban J connectivity index is 1.41. The van der Waals surface area contributed by atoms with Crippen LogP contribution in [0, 0.1) is 27.7 Å². The third-order valence-corrected chi connectivity index (χ3v) is 7.00. The lowest BCUT2D eigenvalue weighted by Gasteiger charge is -2.12. The maximum absolute atomic E-state index is 13.3. The van der Waals surface area contributed by atoms with Crippen molar-refractivity contribution in [3.8, 4) is 11.1 Å². The van der Waals surface area contributed by atoms with Crippen LogP contribution in [0.15, 0.2) is 47.5 Å². The molecule has 4 heterocycles. The van der Waals surface area contributed by atoms with Crippen molar-refractivity contribution in [2.24, 2.45) is 0 Å². The van der Waals surface area contributed by atoms with E-state index in [1.54, 1.807) is 0 Å². The predicted molar refractivity (Wildman–Crippen MR) is 134 cm³/mol. The largest absolute Gasteiger partial charge is 0.281 e. The fraction of sp³-hybridized carbons (Fsp3) is 0.240. The molecule has 8 nitrogen and oxygen atoms in total. The molecule has 9 heteroatoms. The highest BCUT2D eigenvalue weighted by Gasteiger charge is 2.18. The molecule has 5 aromatic rings. The first-order valence-corrected chi connectivity index (χ1v) is 11.8. The van der Waals surface area contributed by atoms with E-state index < -0.39 is 0 Å². The van der Waals surface area contributed by atoms with Crippen molar-refractivity contribution in [3.05, 3.63) is 80.6 Å². The Morgan fingerprint density at radius 3 is 2.65 bits per heavy atom. The Kier molecular flexibility index (Phi) is 5.49. The summed E-state index contributed by atoms with van der Waals surface area (Å²) in [5, 5.41) is 5.01. The lowest BCUT2D eigenvalue weighted by Crippen LogP contribution is -2.33. The minimum absolute atomic E-state index is 0.202. The van der Waals surface area contributed by atoms with Crippen molar-refractivity contribution in [1.82, 2.24) is 24.3 Å². The summed E-state index contributed by atoms with van der Waals surface area (Å²) in [6.07, 6.45) is 2.07. The van der Waals surface area contributed by atoms with Gasteiger partial charge in [-0.1, -0.05) is 30.3 Å². The monoisotopic (exact) mass is 472 g/mol. The Bertz CT molecular complexity index is 1610. The Labute approximate surface area is 199 Å². The molecule has 0 spiro atoms. The van der Waals surface area contributed by atoms with Gasteiger partial charge >= 0.3 is 0 Å². The number of rotatable bonds is 5. The maximum Gasteiger partial charge on any atom is 0.281 e. The number of hydrogen-bond acceptors (Lipinski definition) is 6. The molecule has 0 aliphatic carbocycles. The van der Waals surface area contributed by atoms with Crippen LogP contribution in [0.4, 0.5) is 0 Å². The van der Waals surface area contributed by atoms with Crippen molar-refractivity contribution >= 4 is 33.1 Å². The third kappa shape index (κ3) is 3.77. The van der Waals surface area contributed by atoms with Gasteiger partial charge in [0.15, 0.2) is 5.65 Å². The molecule has 4 aromatic heterocycles. The van der Waals surface area contributed by atoms with E-state index in [2.05, 4.69) is 20.5 Å². The zero-order valence-electron chi connectivity index (χ0n) is 19.4. The van der Waals surface area contributed by atoms with Gasteiger partial charge in [0.2, 0.25) is 5.91 Å². The van der Waals surface area contributed by atoms with E-state index in [1.807, 2.05) is 68.6 Å². The number of aryl methyl sites for hydroxylation is 4. The lowest BCUT2D eigenvalue weighted by atomic mass is 10.0. The van der Waals surface area contributed by atoms with Gasteiger partial charge in [-0.25, -0.2) is 19.2 Å². The number of thiophene rings is 1. The minimum atomic E-state index is -0.288. The maximum atomic E-state index is 13.3. The first-order chi connectivity index (χ1) is 16.3. The molecule has 0 atom stereocenters. The second-order valence-corrected chi connectivity index (χ2v) is 9.55. The molecule has 34 heavy (non-hydrogen) atoms. The summed E-state index contributed by atoms with van der Waals surface area (Å²) >= 11 is 1.48. The first kappa shape index (κ1) is 22.0. The van der Waals surface area contributed by atoms with Gasteiger partial charge in [-0.3, -0.25) is 15.0 Å². The molecule has 5 rings (SSSR count). The number of hydrogen-bond donors (Lipinski definition) is 1. The quantitative estimate of drug-likeness (QED) is 0.416. The summed E-state index contributed by atoms with van der Waals surface area (Å²) in [5.41, 5.74) is 8.74. The van der Waals surface area contributed by atoms with Crippen LogP contribution in [-0.2, 0) is 11.2 Å². The van der Waals surface area contributed by atoms with Gasteiger partial charge in [-0.15, -0.1) is 11.3 Å². The number of carbonyl (C=O) groups excluding carboxylic acids is 1. The summed E-state index contributed by atoms with van der Waals surface area (Å²) in [7, 11) is 0. The van der Waals surface area contributed by atoms with E-state index in [1.165, 1.54) is 22.3 Å². The van der Waals surface area contributed by atoms with Crippen molar-refractivity contribution in [2.45, 2.75) is 40.5 Å². The van der Waals surface area contributed by atoms with Gasteiger partial charge < -0.3 is 0 Å². The van der Waals surface area contributed by atoms with Crippen molar-refractivity contribution in [2.75, 3.05) is 5.43 Å². The van der Waals surface area contributed by atoms with Crippen molar-refractivity contribution in [3.63, 3.8) is 0 Å². The van der Waals surface area contributed by atoms with E-state index >= 15 is 0 Å². The molecule has 0 bridgehead atoms. The molecule has 1 N–H and O–H groups in total. The van der Waals surface area contributed by atoms with Gasteiger partial charge in [0, 0.05) is 34.3 Å². The SMILES string of the molecule is Cc1cc2nc(C)c(CCC(=O)Nn3cnc4sc(C)c(-c5ccccc5)c4c3=O)c(C)n2n1. The number of benzene rings is 1. The van der Waals surface area contributed by atoms with E-state index in [4.69, 9.17) is 0 Å². The lowest BCUT2D eigenvalue weighted by molar-refractivity contribution is -0.117. The molecule has 0 saturated heterocycles. The number of nitrogens with one attached hydrogen (secondary N) is 1. The van der Waals surface area contributed by atoms with Crippen LogP contribution in [0.3, 0.4) is 0 Å². The summed E-state index contributed by atoms with van der Waals surface area (Å²) in [4.78, 5) is 36.8. The van der Waals surface area contributed by atoms with Crippen LogP contribution < -0.4 is 11.0 Å². The Hall–Kier alpha value is -3.85. The van der Waals surface area contributed by atoms with Gasteiger partial charge in [-0.2, -0.15) is 5.10 Å². The Morgan fingerprint density at radius 2 is 1.88 bits per heavy atom. The summed E-state index contributed by atoms with van der Waals surface area (Å²) in [6.45, 7) is 7.83. The number of fused-ring (bicyclic) bond motifs is 2. The number of carbonyl (C=O) groups is 1. The predicted octanol–water partition coefficient (Wildman–Crippen LogP) is 4.10. The molecule has 0 radical (unpaired) electrons. The zero-order valence-corrected chi connectivity index (χ0v) is 20.2.